The molecule has 3 heteroatoms. The van der Waals surface area contributed by atoms with Crippen molar-refractivity contribution in [1.82, 2.24) is 0 Å². The predicted molar refractivity (Wildman–Crippen MR) is 53.6 cm³/mol. The van der Waals surface area contributed by atoms with Crippen LogP contribution in [0.25, 0.3) is 11.0 Å². The first kappa shape index (κ1) is 8.81. The molecule has 1 N–H and O–H groups in total. The van der Waals surface area contributed by atoms with E-state index in [1.54, 1.807) is 26.0 Å². The van der Waals surface area contributed by atoms with Crippen LogP contribution in [0.4, 0.5) is 0 Å². The quantitative estimate of drug-likeness (QED) is 0.692. The average Bonchev–Trinajstić information content (AvgIpc) is 2.10. The number of phenolic OH excluding ortho intramolecular Hbond substituents is 1. The Balaban J connectivity index is 3.03. The first-order chi connectivity index (χ1) is 6.59. The van der Waals surface area contributed by atoms with Crippen LogP contribution in [0.2, 0.25) is 0 Å². The minimum atomic E-state index is -0.204. The highest BCUT2D eigenvalue weighted by Crippen LogP contribution is 2.25. The molecule has 0 atom stereocenters. The van der Waals surface area contributed by atoms with E-state index in [2.05, 4.69) is 0 Å². The third-order valence-corrected chi connectivity index (χ3v) is 2.19. The molecule has 0 unspecified atom stereocenters. The molecule has 0 bridgehead atoms. The van der Waals surface area contributed by atoms with Crippen LogP contribution >= 0.6 is 0 Å². The smallest absolute Gasteiger partial charge is 0.196 e. The van der Waals surface area contributed by atoms with Gasteiger partial charge in [-0.3, -0.25) is 4.79 Å². The predicted octanol–water partition coefficient (Wildman–Crippen LogP) is 2.12. The molecule has 2 aromatic rings. The van der Waals surface area contributed by atoms with Crippen LogP contribution in [-0.4, -0.2) is 5.11 Å². The molecule has 2 rings (SSSR count). The minimum absolute atomic E-state index is 0.0104. The summed E-state index contributed by atoms with van der Waals surface area (Å²) >= 11 is 0. The molecular formula is C11H10O3. The Morgan fingerprint density at radius 1 is 1.29 bits per heavy atom. The molecule has 1 aromatic heterocycles. The van der Waals surface area contributed by atoms with Crippen LogP contribution in [0.5, 0.6) is 5.75 Å². The van der Waals surface area contributed by atoms with Crippen molar-refractivity contribution in [1.29, 1.82) is 0 Å². The highest BCUT2D eigenvalue weighted by molar-refractivity contribution is 5.84. The fourth-order valence-electron chi connectivity index (χ4n) is 1.46. The molecule has 0 saturated heterocycles. The van der Waals surface area contributed by atoms with Crippen LogP contribution in [0.1, 0.15) is 11.3 Å². The van der Waals surface area contributed by atoms with E-state index in [9.17, 15) is 9.90 Å². The molecule has 0 aliphatic rings. The lowest BCUT2D eigenvalue weighted by molar-refractivity contribution is 0.474. The molecule has 14 heavy (non-hydrogen) atoms. The van der Waals surface area contributed by atoms with Gasteiger partial charge in [0.2, 0.25) is 0 Å². The normalized spacial score (nSPS) is 10.7. The van der Waals surface area contributed by atoms with E-state index >= 15 is 0 Å². The average molecular weight is 190 g/mol. The van der Waals surface area contributed by atoms with Gasteiger partial charge in [0.1, 0.15) is 22.5 Å². The molecule has 0 aliphatic heterocycles. The van der Waals surface area contributed by atoms with Gasteiger partial charge in [0, 0.05) is 6.07 Å². The summed E-state index contributed by atoms with van der Waals surface area (Å²) in [6.45, 7) is 3.45. The molecule has 0 spiro atoms. The van der Waals surface area contributed by atoms with Gasteiger partial charge in [-0.1, -0.05) is 6.07 Å². The Hall–Kier alpha value is -1.77. The van der Waals surface area contributed by atoms with Crippen LogP contribution in [0, 0.1) is 13.8 Å². The van der Waals surface area contributed by atoms with Crippen molar-refractivity contribution in [3.8, 4) is 5.75 Å². The molecule has 3 nitrogen and oxygen atoms in total. The minimum Gasteiger partial charge on any atom is -0.507 e. The number of hydrogen-bond acceptors (Lipinski definition) is 3. The molecule has 0 amide bonds. The van der Waals surface area contributed by atoms with Gasteiger partial charge in [-0.25, -0.2) is 0 Å². The molecule has 0 fully saturated rings. The summed E-state index contributed by atoms with van der Waals surface area (Å²) in [6.07, 6.45) is 0. The third-order valence-electron chi connectivity index (χ3n) is 2.19. The zero-order chi connectivity index (χ0) is 10.3. The topological polar surface area (TPSA) is 50.4 Å². The van der Waals surface area contributed by atoms with Gasteiger partial charge in [0.25, 0.3) is 0 Å². The first-order valence-electron chi connectivity index (χ1n) is 4.32. The lowest BCUT2D eigenvalue weighted by Crippen LogP contribution is -2.01. The van der Waals surface area contributed by atoms with Gasteiger partial charge >= 0.3 is 0 Å². The summed E-state index contributed by atoms with van der Waals surface area (Å²) in [7, 11) is 0. The van der Waals surface area contributed by atoms with E-state index in [-0.39, 0.29) is 16.6 Å². The molecule has 72 valence electrons. The fourth-order valence-corrected chi connectivity index (χ4v) is 1.46. The number of benzene rings is 1. The standard InChI is InChI=1S/C11H10O3/c1-6-3-4-9-10(11(6)13)8(12)5-7(2)14-9/h3-5,13H,1-2H3. The number of hydrogen-bond donors (Lipinski definition) is 1. The second-order valence-electron chi connectivity index (χ2n) is 3.33. The zero-order valence-corrected chi connectivity index (χ0v) is 8.00. The Bertz CT molecular complexity index is 552. The summed E-state index contributed by atoms with van der Waals surface area (Å²) in [5, 5.41) is 9.93. The molecule has 1 heterocycles. The highest BCUT2D eigenvalue weighted by Gasteiger charge is 2.08. The van der Waals surface area contributed by atoms with Crippen LogP contribution in [-0.2, 0) is 0 Å². The SMILES string of the molecule is Cc1cc(=O)c2c(O)c(C)ccc2o1. The van der Waals surface area contributed by atoms with Crippen molar-refractivity contribution in [2.75, 3.05) is 0 Å². The fraction of sp³-hybridized carbons (Fsp3) is 0.182. The van der Waals surface area contributed by atoms with Crippen molar-refractivity contribution < 1.29 is 9.52 Å². The molecule has 0 saturated carbocycles. The summed E-state index contributed by atoms with van der Waals surface area (Å²) in [4.78, 5) is 11.6. The molecule has 1 aromatic carbocycles. The number of fused-ring (bicyclic) bond motifs is 1. The number of aryl methyl sites for hydroxylation is 2. The van der Waals surface area contributed by atoms with Crippen LogP contribution < -0.4 is 5.43 Å². The lowest BCUT2D eigenvalue weighted by Gasteiger charge is -2.03. The largest absolute Gasteiger partial charge is 0.507 e. The van der Waals surface area contributed by atoms with Gasteiger partial charge in [0.05, 0.1) is 0 Å². The van der Waals surface area contributed by atoms with Crippen LogP contribution in [0.15, 0.2) is 27.4 Å². The highest BCUT2D eigenvalue weighted by atomic mass is 16.3. The van der Waals surface area contributed by atoms with Gasteiger partial charge in [0.15, 0.2) is 5.43 Å². The van der Waals surface area contributed by atoms with E-state index in [0.717, 1.165) is 0 Å². The molecule has 0 aliphatic carbocycles. The summed E-state index contributed by atoms with van der Waals surface area (Å²) in [5.41, 5.74) is 0.900. The van der Waals surface area contributed by atoms with Crippen molar-refractivity contribution >= 4 is 11.0 Å². The van der Waals surface area contributed by atoms with Crippen LogP contribution in [0.3, 0.4) is 0 Å². The maximum Gasteiger partial charge on any atom is 0.196 e. The Labute approximate surface area is 80.6 Å². The maximum absolute atomic E-state index is 11.6. The van der Waals surface area contributed by atoms with Gasteiger partial charge < -0.3 is 9.52 Å². The van der Waals surface area contributed by atoms with Crippen molar-refractivity contribution in [2.24, 2.45) is 0 Å². The van der Waals surface area contributed by atoms with Crippen molar-refractivity contribution in [2.45, 2.75) is 13.8 Å². The van der Waals surface area contributed by atoms with Gasteiger partial charge in [-0.15, -0.1) is 0 Å². The summed E-state index contributed by atoms with van der Waals surface area (Å²) in [5.74, 6) is 0.557. The Morgan fingerprint density at radius 3 is 2.71 bits per heavy atom. The molecular weight excluding hydrogens is 180 g/mol. The van der Waals surface area contributed by atoms with Crippen molar-refractivity contribution in [3.05, 3.63) is 39.7 Å². The second-order valence-corrected chi connectivity index (χ2v) is 3.33. The third kappa shape index (κ3) is 1.18. The molecule has 0 radical (unpaired) electrons. The summed E-state index contributed by atoms with van der Waals surface area (Å²) < 4.78 is 5.32. The Kier molecular flexibility index (Phi) is 1.81. The second kappa shape index (κ2) is 2.87. The van der Waals surface area contributed by atoms with Gasteiger partial charge in [-0.05, 0) is 25.5 Å². The van der Waals surface area contributed by atoms with E-state index in [4.69, 9.17) is 4.42 Å². The van der Waals surface area contributed by atoms with E-state index in [0.29, 0.717) is 16.9 Å². The number of phenols is 1. The van der Waals surface area contributed by atoms with E-state index in [1.165, 1.54) is 6.07 Å². The lowest BCUT2D eigenvalue weighted by atomic mass is 10.1. The van der Waals surface area contributed by atoms with Gasteiger partial charge in [-0.2, -0.15) is 0 Å². The summed E-state index contributed by atoms with van der Waals surface area (Å²) in [6, 6.07) is 4.79. The Morgan fingerprint density at radius 2 is 2.00 bits per heavy atom. The van der Waals surface area contributed by atoms with E-state index < -0.39 is 0 Å². The van der Waals surface area contributed by atoms with Crippen molar-refractivity contribution in [3.63, 3.8) is 0 Å². The maximum atomic E-state index is 11.6. The number of aromatic hydroxyl groups is 1. The first-order valence-corrected chi connectivity index (χ1v) is 4.32. The number of rotatable bonds is 0. The monoisotopic (exact) mass is 190 g/mol. The zero-order valence-electron chi connectivity index (χ0n) is 8.00. The van der Waals surface area contributed by atoms with E-state index in [1.807, 2.05) is 0 Å².